The maximum Gasteiger partial charge on any atom is 0.194 e. The normalized spacial score (nSPS) is 27.8. The summed E-state index contributed by atoms with van der Waals surface area (Å²) in [6.07, 6.45) is 52.5. The van der Waals surface area contributed by atoms with Crippen molar-refractivity contribution in [1.29, 1.82) is 0 Å². The molecule has 0 nitrogen and oxygen atoms in total. The van der Waals surface area contributed by atoms with Gasteiger partial charge in [0.15, 0.2) is 46.5 Å². The standard InChI is InChI=1S/C27H33F3.C27H34F2.C27H35F.C25H29F3/c1-18-2-10-21(11-3-18)22-12-6-19(7-13-22)4-5-20-8-14-23(15-9-20)24-16-25(28)27(30)26(29)17-24;1-19-2-10-22(11-3-19)23-12-6-20(7-13-23)4-5-21-8-14-24(15-9-21)25-16-17-26(28)27(29)18-25;1-20-2-10-23(11-3-20)24-12-6-21(7-13-24)4-5-22-8-14-25(15-9-22)26-16-18-27(28)19-17-26;1-16-2-4-17(5-3-16)18-6-8-19(9-7-18)20-10-12-21(13-11-20)22-14-23(26)25(28)24(27)15-22/h8-9,14-19,21-22H,2-7,10-13H2,1H3;8-9,14-20,22-23H,2-7,10-13H2,1H3;8-9,14-21,23-24H,2-7,10-13H2,1H3;10-19H,2-9H2,1H3. The van der Waals surface area contributed by atoms with E-state index in [9.17, 15) is 39.5 Å². The molecule has 0 unspecified atom stereocenters. The maximum atomic E-state index is 13.5. The minimum atomic E-state index is -1.41. The zero-order valence-electron chi connectivity index (χ0n) is 69.6. The second-order valence-corrected chi connectivity index (χ2v) is 38.0. The number of hydrogen-bond acceptors (Lipinski definition) is 0. The van der Waals surface area contributed by atoms with E-state index >= 15 is 0 Å². The summed E-state index contributed by atoms with van der Waals surface area (Å²) in [5.74, 6) is 5.66. The highest BCUT2D eigenvalue weighted by molar-refractivity contribution is 5.66. The predicted molar refractivity (Wildman–Crippen MR) is 458 cm³/mol. The lowest BCUT2D eigenvalue weighted by Crippen LogP contribution is -2.25. The molecular weight excluding hydrogens is 1440 g/mol. The van der Waals surface area contributed by atoms with Gasteiger partial charge in [-0.3, -0.25) is 0 Å². The molecule has 8 aromatic rings. The Morgan fingerprint density at radius 3 is 0.722 bits per heavy atom. The Morgan fingerprint density at radius 2 is 0.435 bits per heavy atom. The van der Waals surface area contributed by atoms with E-state index in [2.05, 4.69) is 76.2 Å². The molecule has 115 heavy (non-hydrogen) atoms. The summed E-state index contributed by atoms with van der Waals surface area (Å²) in [6.45, 7) is 9.62. The van der Waals surface area contributed by atoms with Crippen LogP contribution < -0.4 is 0 Å². The lowest BCUT2D eigenvalue weighted by atomic mass is 9.68. The summed E-state index contributed by atoms with van der Waals surface area (Å²) >= 11 is 0. The van der Waals surface area contributed by atoms with Crippen LogP contribution in [0.25, 0.3) is 44.5 Å². The van der Waals surface area contributed by atoms with Crippen LogP contribution in [-0.4, -0.2) is 0 Å². The predicted octanol–water partition coefficient (Wildman–Crippen LogP) is 32.5. The molecule has 0 bridgehead atoms. The number of aryl methyl sites for hydroxylation is 3. The van der Waals surface area contributed by atoms with Crippen molar-refractivity contribution in [1.82, 2.24) is 0 Å². The number of halogens is 9. The summed E-state index contributed by atoms with van der Waals surface area (Å²) in [5.41, 5.74) is 11.4. The summed E-state index contributed by atoms with van der Waals surface area (Å²) in [4.78, 5) is 0. The molecule has 16 rings (SSSR count). The molecule has 8 fully saturated rings. The van der Waals surface area contributed by atoms with E-state index < -0.39 is 46.5 Å². The van der Waals surface area contributed by atoms with E-state index in [1.807, 2.05) is 60.7 Å². The first-order valence-corrected chi connectivity index (χ1v) is 45.6. The third-order valence-electron chi connectivity index (χ3n) is 30.2. The quantitative estimate of drug-likeness (QED) is 0.0593. The van der Waals surface area contributed by atoms with Gasteiger partial charge in [0.05, 0.1) is 0 Å². The first kappa shape index (κ1) is 86.0. The Bertz CT molecular complexity index is 4170. The zero-order chi connectivity index (χ0) is 80.3. The molecule has 0 aromatic heterocycles. The van der Waals surface area contributed by atoms with E-state index in [0.717, 1.165) is 143 Å². The molecule has 0 aliphatic heterocycles. The molecule has 0 heterocycles. The first-order valence-electron chi connectivity index (χ1n) is 45.6. The molecule has 9 heteroatoms. The van der Waals surface area contributed by atoms with Gasteiger partial charge in [-0.25, -0.2) is 39.5 Å². The Balaban J connectivity index is 0.000000134. The van der Waals surface area contributed by atoms with Crippen LogP contribution >= 0.6 is 0 Å². The van der Waals surface area contributed by atoms with Crippen molar-refractivity contribution in [2.45, 2.75) is 278 Å². The van der Waals surface area contributed by atoms with E-state index in [-0.39, 0.29) is 5.82 Å². The summed E-state index contributed by atoms with van der Waals surface area (Å²) < 4.78 is 120. The minimum absolute atomic E-state index is 0.173. The highest BCUT2D eigenvalue weighted by atomic mass is 19.2. The lowest BCUT2D eigenvalue weighted by Gasteiger charge is -2.37. The van der Waals surface area contributed by atoms with Gasteiger partial charge in [-0.1, -0.05) is 233 Å². The summed E-state index contributed by atoms with van der Waals surface area (Å²) in [7, 11) is 0. The number of benzene rings is 8. The maximum absolute atomic E-state index is 13.5. The molecule has 0 N–H and O–H groups in total. The van der Waals surface area contributed by atoms with Crippen molar-refractivity contribution < 1.29 is 39.5 Å². The van der Waals surface area contributed by atoms with Gasteiger partial charge >= 0.3 is 0 Å². The van der Waals surface area contributed by atoms with Crippen molar-refractivity contribution >= 4 is 0 Å². The highest BCUT2D eigenvalue weighted by Gasteiger charge is 2.35. The van der Waals surface area contributed by atoms with Gasteiger partial charge < -0.3 is 0 Å². The van der Waals surface area contributed by atoms with Crippen LogP contribution in [0.15, 0.2) is 164 Å². The molecule has 8 aromatic carbocycles. The SMILES string of the molecule is CC1CCC(C2CCC(CCc3ccc(-c4cc(F)c(F)c(F)c4)cc3)CC2)CC1.CC1CCC(C2CCC(CCc3ccc(-c4ccc(F)c(F)c4)cc3)CC2)CC1.CC1CCC(C2CCC(CCc3ccc(-c4ccc(F)cc4)cc3)CC2)CC1.CC1CCC(C2CCC(c3ccc(-c4cc(F)c(F)c(F)c4)cc3)CC2)CC1. The highest BCUT2D eigenvalue weighted by Crippen LogP contribution is 2.48. The van der Waals surface area contributed by atoms with Crippen LogP contribution in [0.5, 0.6) is 0 Å². The topological polar surface area (TPSA) is 0 Å². The van der Waals surface area contributed by atoms with E-state index in [1.54, 1.807) is 6.07 Å². The lowest BCUT2D eigenvalue weighted by molar-refractivity contribution is 0.148. The number of rotatable bonds is 18. The van der Waals surface area contributed by atoms with Gasteiger partial charge in [-0.2, -0.15) is 0 Å². The van der Waals surface area contributed by atoms with Crippen LogP contribution in [0.3, 0.4) is 0 Å². The van der Waals surface area contributed by atoms with Crippen molar-refractivity contribution in [2.24, 2.45) is 88.8 Å². The van der Waals surface area contributed by atoms with Gasteiger partial charge in [0.2, 0.25) is 0 Å². The van der Waals surface area contributed by atoms with Crippen molar-refractivity contribution in [2.75, 3.05) is 0 Å². The molecule has 0 saturated heterocycles. The minimum Gasteiger partial charge on any atom is -0.207 e. The monoisotopic (exact) mass is 1580 g/mol. The van der Waals surface area contributed by atoms with Gasteiger partial charge in [0.1, 0.15) is 5.82 Å². The largest absolute Gasteiger partial charge is 0.207 e. The van der Waals surface area contributed by atoms with Crippen molar-refractivity contribution in [3.8, 4) is 44.5 Å². The molecule has 0 amide bonds. The molecule has 8 aliphatic rings. The van der Waals surface area contributed by atoms with E-state index in [0.29, 0.717) is 28.2 Å². The Labute approximate surface area is 684 Å². The third-order valence-corrected chi connectivity index (χ3v) is 30.2. The van der Waals surface area contributed by atoms with Crippen LogP contribution in [0.1, 0.15) is 281 Å². The molecule has 618 valence electrons. The Hall–Kier alpha value is -6.87. The fourth-order valence-electron chi connectivity index (χ4n) is 22.2. The molecule has 0 atom stereocenters. The van der Waals surface area contributed by atoms with Gasteiger partial charge in [0.25, 0.3) is 0 Å². The fourth-order valence-corrected chi connectivity index (χ4v) is 22.2. The van der Waals surface area contributed by atoms with Crippen LogP contribution in [-0.2, 0) is 19.3 Å². The second kappa shape index (κ2) is 42.2. The molecule has 0 spiro atoms. The van der Waals surface area contributed by atoms with E-state index in [1.165, 1.54) is 283 Å². The Morgan fingerprint density at radius 1 is 0.209 bits per heavy atom. The van der Waals surface area contributed by atoms with E-state index in [4.69, 9.17) is 0 Å². The van der Waals surface area contributed by atoms with Gasteiger partial charge in [-0.05, 0) is 364 Å². The average Bonchev–Trinajstić information content (AvgIpc) is 0.815. The van der Waals surface area contributed by atoms with Gasteiger partial charge in [-0.15, -0.1) is 0 Å². The fraction of sp³-hybridized carbons (Fsp3) is 0.547. The third kappa shape index (κ3) is 24.7. The van der Waals surface area contributed by atoms with Crippen LogP contribution in [0, 0.1) is 141 Å². The second-order valence-electron chi connectivity index (χ2n) is 38.0. The first-order chi connectivity index (χ1) is 55.7. The summed E-state index contributed by atoms with van der Waals surface area (Å²) in [5, 5.41) is 0. The molecule has 8 aliphatic carbocycles. The Kier molecular flexibility index (Phi) is 31.5. The van der Waals surface area contributed by atoms with Crippen LogP contribution in [0.4, 0.5) is 39.5 Å². The molecular formula is C106H131F9. The smallest absolute Gasteiger partial charge is 0.194 e. The van der Waals surface area contributed by atoms with Crippen molar-refractivity contribution in [3.05, 3.63) is 238 Å². The molecule has 8 saturated carbocycles. The number of hydrogen-bond donors (Lipinski definition) is 0. The van der Waals surface area contributed by atoms with Crippen LogP contribution in [0.2, 0.25) is 0 Å². The zero-order valence-corrected chi connectivity index (χ0v) is 69.6. The summed E-state index contributed by atoms with van der Waals surface area (Å²) in [6, 6.07) is 48.1. The molecule has 0 radical (unpaired) electrons. The van der Waals surface area contributed by atoms with Gasteiger partial charge in [0, 0.05) is 0 Å². The van der Waals surface area contributed by atoms with Crippen molar-refractivity contribution in [3.63, 3.8) is 0 Å². The average molecular weight is 1580 g/mol.